The first kappa shape index (κ1) is 15.6. The monoisotopic (exact) mass is 347 g/mol. The summed E-state index contributed by atoms with van der Waals surface area (Å²) in [6.07, 6.45) is 4.04. The van der Waals surface area contributed by atoms with Crippen molar-refractivity contribution in [2.75, 3.05) is 0 Å². The van der Waals surface area contributed by atoms with Crippen molar-refractivity contribution in [3.8, 4) is 5.75 Å². The number of nitrogens with zero attached hydrogens (tertiary/aromatic N) is 1. The zero-order valence-corrected chi connectivity index (χ0v) is 14.6. The Kier molecular flexibility index (Phi) is 3.61. The molecule has 0 saturated heterocycles. The van der Waals surface area contributed by atoms with Crippen LogP contribution in [0.5, 0.6) is 5.75 Å². The fourth-order valence-electron chi connectivity index (χ4n) is 3.48. The van der Waals surface area contributed by atoms with Crippen LogP contribution in [0, 0.1) is 0 Å². The summed E-state index contributed by atoms with van der Waals surface area (Å²) in [5.41, 5.74) is 2.57. The minimum absolute atomic E-state index is 0.209. The molecule has 0 saturated carbocycles. The maximum atomic E-state index is 10.00. The number of rotatable bonds is 2. The van der Waals surface area contributed by atoms with Crippen LogP contribution in [-0.4, -0.2) is 10.1 Å². The molecular weight excluding hydrogens is 330 g/mol. The smallest absolute Gasteiger partial charge is 0.141 e. The number of pyridine rings is 1. The first-order chi connectivity index (χ1) is 13.3. The van der Waals surface area contributed by atoms with E-state index in [0.717, 1.165) is 16.6 Å². The van der Waals surface area contributed by atoms with Crippen LogP contribution in [0.15, 0.2) is 84.9 Å². The lowest BCUT2D eigenvalue weighted by Gasteiger charge is -2.04. The summed E-state index contributed by atoms with van der Waals surface area (Å²) in [7, 11) is 0. The fourth-order valence-corrected chi connectivity index (χ4v) is 3.48. The number of phenolic OH excluding ortho intramolecular Hbond substituents is 1. The molecule has 4 aromatic carbocycles. The molecule has 128 valence electrons. The van der Waals surface area contributed by atoms with Gasteiger partial charge in [-0.25, -0.2) is 4.98 Å². The molecule has 0 fully saturated rings. The Bertz CT molecular complexity index is 1330. The van der Waals surface area contributed by atoms with Crippen molar-refractivity contribution >= 4 is 44.6 Å². The SMILES string of the molecule is Oc1cccc2ccc(C=Cc3ccc4cc5ccccc5cc4c3)nc12. The summed E-state index contributed by atoms with van der Waals surface area (Å²) in [5, 5.41) is 15.9. The molecule has 0 unspecified atom stereocenters. The van der Waals surface area contributed by atoms with Gasteiger partial charge in [-0.15, -0.1) is 0 Å². The van der Waals surface area contributed by atoms with Gasteiger partial charge in [-0.1, -0.05) is 60.7 Å². The summed E-state index contributed by atoms with van der Waals surface area (Å²) < 4.78 is 0. The predicted octanol–water partition coefficient (Wildman–Crippen LogP) is 6.42. The van der Waals surface area contributed by atoms with Crippen LogP contribution in [0.1, 0.15) is 11.3 Å². The van der Waals surface area contributed by atoms with E-state index in [-0.39, 0.29) is 5.75 Å². The highest BCUT2D eigenvalue weighted by Crippen LogP contribution is 2.25. The topological polar surface area (TPSA) is 33.1 Å². The van der Waals surface area contributed by atoms with E-state index in [1.165, 1.54) is 21.5 Å². The quantitative estimate of drug-likeness (QED) is 0.374. The van der Waals surface area contributed by atoms with Crippen molar-refractivity contribution in [3.63, 3.8) is 0 Å². The number of para-hydroxylation sites is 1. The Labute approximate surface area is 157 Å². The van der Waals surface area contributed by atoms with E-state index < -0.39 is 0 Å². The Morgan fingerprint density at radius 3 is 2.15 bits per heavy atom. The molecule has 0 atom stereocenters. The summed E-state index contributed by atoms with van der Waals surface area (Å²) in [5.74, 6) is 0.209. The standard InChI is InChI=1S/C25H17NO/c27-24-7-3-6-18-11-13-23(26-25(18)24)12-9-17-8-10-21-15-19-4-1-2-5-20(19)16-22(21)14-17/h1-16,27H. The highest BCUT2D eigenvalue weighted by molar-refractivity contribution is 5.99. The number of fused-ring (bicyclic) bond motifs is 3. The maximum absolute atomic E-state index is 10.00. The van der Waals surface area contributed by atoms with E-state index in [2.05, 4.69) is 65.7 Å². The molecule has 1 N–H and O–H groups in total. The van der Waals surface area contributed by atoms with Crippen LogP contribution in [0.25, 0.3) is 44.6 Å². The minimum Gasteiger partial charge on any atom is -0.506 e. The Hall–Kier alpha value is -3.65. The van der Waals surface area contributed by atoms with Crippen LogP contribution in [0.3, 0.4) is 0 Å². The summed E-state index contributed by atoms with van der Waals surface area (Å²) in [6.45, 7) is 0. The van der Waals surface area contributed by atoms with Crippen molar-refractivity contribution in [1.29, 1.82) is 0 Å². The third-order valence-corrected chi connectivity index (χ3v) is 4.90. The first-order valence-corrected chi connectivity index (χ1v) is 8.96. The molecule has 0 aliphatic heterocycles. The van der Waals surface area contributed by atoms with Gasteiger partial charge in [0.1, 0.15) is 11.3 Å². The number of hydrogen-bond acceptors (Lipinski definition) is 2. The van der Waals surface area contributed by atoms with Gasteiger partial charge in [-0.2, -0.15) is 0 Å². The number of phenols is 1. The van der Waals surface area contributed by atoms with E-state index in [0.29, 0.717) is 5.52 Å². The van der Waals surface area contributed by atoms with E-state index >= 15 is 0 Å². The van der Waals surface area contributed by atoms with Crippen molar-refractivity contribution < 1.29 is 5.11 Å². The number of hydrogen-bond donors (Lipinski definition) is 1. The van der Waals surface area contributed by atoms with Crippen molar-refractivity contribution in [3.05, 3.63) is 96.2 Å². The van der Waals surface area contributed by atoms with Crippen LogP contribution in [-0.2, 0) is 0 Å². The molecule has 0 aliphatic rings. The van der Waals surface area contributed by atoms with Gasteiger partial charge in [-0.3, -0.25) is 0 Å². The second-order valence-electron chi connectivity index (χ2n) is 6.72. The molecule has 27 heavy (non-hydrogen) atoms. The lowest BCUT2D eigenvalue weighted by molar-refractivity contribution is 0.480. The van der Waals surface area contributed by atoms with Crippen molar-refractivity contribution in [2.24, 2.45) is 0 Å². The van der Waals surface area contributed by atoms with Gasteiger partial charge in [-0.05, 0) is 63.5 Å². The summed E-state index contributed by atoms with van der Waals surface area (Å²) in [4.78, 5) is 4.56. The van der Waals surface area contributed by atoms with Crippen LogP contribution in [0.4, 0.5) is 0 Å². The third kappa shape index (κ3) is 2.91. The van der Waals surface area contributed by atoms with Crippen molar-refractivity contribution in [2.45, 2.75) is 0 Å². The maximum Gasteiger partial charge on any atom is 0.141 e. The van der Waals surface area contributed by atoms with Crippen LogP contribution in [0.2, 0.25) is 0 Å². The summed E-state index contributed by atoms with van der Waals surface area (Å²) >= 11 is 0. The molecule has 2 heteroatoms. The molecule has 5 rings (SSSR count). The van der Waals surface area contributed by atoms with Gasteiger partial charge in [0.2, 0.25) is 0 Å². The predicted molar refractivity (Wildman–Crippen MR) is 114 cm³/mol. The highest BCUT2D eigenvalue weighted by atomic mass is 16.3. The van der Waals surface area contributed by atoms with Crippen LogP contribution >= 0.6 is 0 Å². The molecule has 0 amide bonds. The van der Waals surface area contributed by atoms with Gasteiger partial charge in [0.25, 0.3) is 0 Å². The molecule has 0 aliphatic carbocycles. The minimum atomic E-state index is 0.209. The molecule has 2 nitrogen and oxygen atoms in total. The zero-order chi connectivity index (χ0) is 18.2. The van der Waals surface area contributed by atoms with Crippen molar-refractivity contribution in [1.82, 2.24) is 4.98 Å². The highest BCUT2D eigenvalue weighted by Gasteiger charge is 2.02. The van der Waals surface area contributed by atoms with Crippen LogP contribution < -0.4 is 0 Å². The van der Waals surface area contributed by atoms with E-state index in [1.807, 2.05) is 30.3 Å². The molecule has 0 spiro atoms. The Morgan fingerprint density at radius 2 is 1.30 bits per heavy atom. The van der Waals surface area contributed by atoms with E-state index in [9.17, 15) is 5.11 Å². The number of aromatic nitrogens is 1. The van der Waals surface area contributed by atoms with E-state index in [4.69, 9.17) is 0 Å². The van der Waals surface area contributed by atoms with Gasteiger partial charge < -0.3 is 5.11 Å². The molecule has 1 heterocycles. The third-order valence-electron chi connectivity index (χ3n) is 4.90. The molecule has 5 aromatic rings. The molecular formula is C25H17NO. The Morgan fingerprint density at radius 1 is 0.593 bits per heavy atom. The second-order valence-corrected chi connectivity index (χ2v) is 6.72. The van der Waals surface area contributed by atoms with Gasteiger partial charge in [0, 0.05) is 5.39 Å². The lowest BCUT2D eigenvalue weighted by atomic mass is 10.0. The summed E-state index contributed by atoms with van der Waals surface area (Å²) in [6, 6.07) is 28.7. The Balaban J connectivity index is 1.53. The number of aromatic hydroxyl groups is 1. The van der Waals surface area contributed by atoms with E-state index in [1.54, 1.807) is 6.07 Å². The lowest BCUT2D eigenvalue weighted by Crippen LogP contribution is -1.84. The molecule has 0 bridgehead atoms. The largest absolute Gasteiger partial charge is 0.506 e. The van der Waals surface area contributed by atoms with Gasteiger partial charge in [0.15, 0.2) is 0 Å². The first-order valence-electron chi connectivity index (χ1n) is 8.96. The second kappa shape index (κ2) is 6.26. The van der Waals surface area contributed by atoms with Gasteiger partial charge in [0.05, 0.1) is 5.69 Å². The fraction of sp³-hybridized carbons (Fsp3) is 0. The average Bonchev–Trinajstić information content (AvgIpc) is 2.71. The molecule has 0 radical (unpaired) electrons. The molecule has 1 aromatic heterocycles. The average molecular weight is 347 g/mol. The normalized spacial score (nSPS) is 11.7. The number of benzene rings is 4. The zero-order valence-electron chi connectivity index (χ0n) is 14.6. The van der Waals surface area contributed by atoms with Gasteiger partial charge >= 0.3 is 0 Å².